The van der Waals surface area contributed by atoms with Crippen LogP contribution in [0, 0.1) is 5.92 Å². The van der Waals surface area contributed by atoms with Crippen LogP contribution in [-0.2, 0) is 11.3 Å². The minimum absolute atomic E-state index is 0.182. The Morgan fingerprint density at radius 1 is 1.55 bits per heavy atom. The molecule has 1 aromatic rings. The van der Waals surface area contributed by atoms with Gasteiger partial charge >= 0.3 is 0 Å². The lowest BCUT2D eigenvalue weighted by atomic mass is 9.82. The standard InChI is InChI=1S/C13H19ClF2N2O2/c1-20-7-6-18-11(10(14)8-17-18)12(19)9-2-4-13(15,16)5-3-9/h8-9,12,19H,2-7H2,1H3. The number of nitrogens with zero attached hydrogens (tertiary/aromatic N) is 2. The SMILES string of the molecule is COCCn1ncc(Cl)c1C(O)C1CCC(F)(F)CC1. The molecule has 4 nitrogen and oxygen atoms in total. The van der Waals surface area contributed by atoms with Gasteiger partial charge < -0.3 is 9.84 Å². The van der Waals surface area contributed by atoms with Crippen LogP contribution in [0.2, 0.25) is 5.02 Å². The zero-order chi connectivity index (χ0) is 14.8. The topological polar surface area (TPSA) is 47.3 Å². The second-order valence-corrected chi connectivity index (χ2v) is 5.64. The van der Waals surface area contributed by atoms with Gasteiger partial charge in [-0.25, -0.2) is 8.78 Å². The van der Waals surface area contributed by atoms with Crippen molar-refractivity contribution < 1.29 is 18.6 Å². The van der Waals surface area contributed by atoms with Crippen molar-refractivity contribution in [3.8, 4) is 0 Å². The molecular weight excluding hydrogens is 290 g/mol. The van der Waals surface area contributed by atoms with E-state index >= 15 is 0 Å². The summed E-state index contributed by atoms with van der Waals surface area (Å²) in [5.41, 5.74) is 0.499. The number of alkyl halides is 2. The molecule has 1 unspecified atom stereocenters. The first-order chi connectivity index (χ1) is 9.44. The predicted octanol–water partition coefficient (Wildman–Crippen LogP) is 3.04. The van der Waals surface area contributed by atoms with E-state index in [1.807, 2.05) is 0 Å². The molecule has 0 amide bonds. The lowest BCUT2D eigenvalue weighted by Gasteiger charge is -2.31. The largest absolute Gasteiger partial charge is 0.386 e. The summed E-state index contributed by atoms with van der Waals surface area (Å²) in [6, 6.07) is 0. The Labute approximate surface area is 121 Å². The molecule has 2 rings (SSSR count). The van der Waals surface area contributed by atoms with E-state index in [2.05, 4.69) is 5.10 Å². The highest BCUT2D eigenvalue weighted by Gasteiger charge is 2.38. The van der Waals surface area contributed by atoms with Gasteiger partial charge in [-0.1, -0.05) is 11.6 Å². The Kier molecular flexibility index (Phi) is 4.99. The Bertz CT molecular complexity index is 444. The molecule has 0 saturated heterocycles. The molecule has 114 valence electrons. The maximum absolute atomic E-state index is 13.2. The van der Waals surface area contributed by atoms with Gasteiger partial charge in [0.2, 0.25) is 5.92 Å². The summed E-state index contributed by atoms with van der Waals surface area (Å²) in [6.07, 6.45) is 0.822. The van der Waals surface area contributed by atoms with E-state index in [1.54, 1.807) is 11.8 Å². The van der Waals surface area contributed by atoms with Crippen molar-refractivity contribution >= 4 is 11.6 Å². The first-order valence-electron chi connectivity index (χ1n) is 6.70. The summed E-state index contributed by atoms with van der Waals surface area (Å²) >= 11 is 6.06. The van der Waals surface area contributed by atoms with Gasteiger partial charge in [0, 0.05) is 20.0 Å². The van der Waals surface area contributed by atoms with Crippen LogP contribution in [0.15, 0.2) is 6.20 Å². The molecule has 1 saturated carbocycles. The Balaban J connectivity index is 2.09. The maximum Gasteiger partial charge on any atom is 0.248 e. The Morgan fingerprint density at radius 2 is 2.20 bits per heavy atom. The first-order valence-corrected chi connectivity index (χ1v) is 7.08. The van der Waals surface area contributed by atoms with Crippen molar-refractivity contribution in [3.05, 3.63) is 16.9 Å². The second kappa shape index (κ2) is 6.37. The van der Waals surface area contributed by atoms with Gasteiger partial charge in [-0.2, -0.15) is 5.10 Å². The number of aromatic nitrogens is 2. The molecule has 0 bridgehead atoms. The fraction of sp³-hybridized carbons (Fsp3) is 0.769. The highest BCUT2D eigenvalue weighted by Crippen LogP contribution is 2.42. The van der Waals surface area contributed by atoms with Crippen molar-refractivity contribution in [2.75, 3.05) is 13.7 Å². The number of aliphatic hydroxyl groups excluding tert-OH is 1. The maximum atomic E-state index is 13.2. The fourth-order valence-electron chi connectivity index (χ4n) is 2.62. The van der Waals surface area contributed by atoms with Crippen LogP contribution >= 0.6 is 11.6 Å². The number of hydrogen-bond acceptors (Lipinski definition) is 3. The molecule has 7 heteroatoms. The average molecular weight is 309 g/mol. The summed E-state index contributed by atoms with van der Waals surface area (Å²) in [5, 5.41) is 14.9. The number of hydrogen-bond donors (Lipinski definition) is 1. The number of ether oxygens (including phenoxy) is 1. The van der Waals surface area contributed by atoms with Crippen LogP contribution in [-0.4, -0.2) is 34.5 Å². The van der Waals surface area contributed by atoms with Gasteiger partial charge in [-0.3, -0.25) is 4.68 Å². The van der Waals surface area contributed by atoms with E-state index in [0.29, 0.717) is 36.7 Å². The van der Waals surface area contributed by atoms with Gasteiger partial charge in [0.15, 0.2) is 0 Å². The van der Waals surface area contributed by atoms with E-state index in [-0.39, 0.29) is 18.8 Å². The van der Waals surface area contributed by atoms with E-state index in [1.165, 1.54) is 6.20 Å². The number of aliphatic hydroxyl groups is 1. The molecule has 1 aromatic heterocycles. The van der Waals surface area contributed by atoms with Crippen molar-refractivity contribution in [3.63, 3.8) is 0 Å². The van der Waals surface area contributed by atoms with Crippen LogP contribution in [0.1, 0.15) is 37.5 Å². The second-order valence-electron chi connectivity index (χ2n) is 5.23. The molecule has 0 spiro atoms. The number of halogens is 3. The van der Waals surface area contributed by atoms with Crippen LogP contribution in [0.25, 0.3) is 0 Å². The quantitative estimate of drug-likeness (QED) is 0.909. The van der Waals surface area contributed by atoms with Gasteiger partial charge in [-0.05, 0) is 18.8 Å². The summed E-state index contributed by atoms with van der Waals surface area (Å²) in [7, 11) is 1.57. The normalized spacial score (nSPS) is 21.1. The summed E-state index contributed by atoms with van der Waals surface area (Å²) < 4.78 is 32.9. The average Bonchev–Trinajstić information content (AvgIpc) is 2.76. The fourth-order valence-corrected chi connectivity index (χ4v) is 2.88. The van der Waals surface area contributed by atoms with E-state index in [0.717, 1.165) is 0 Å². The van der Waals surface area contributed by atoms with Crippen LogP contribution in [0.5, 0.6) is 0 Å². The van der Waals surface area contributed by atoms with E-state index in [4.69, 9.17) is 16.3 Å². The third-order valence-corrected chi connectivity index (χ3v) is 4.12. The first kappa shape index (κ1) is 15.7. The molecule has 1 aliphatic rings. The molecule has 1 fully saturated rings. The minimum atomic E-state index is -2.60. The smallest absolute Gasteiger partial charge is 0.248 e. The zero-order valence-corrected chi connectivity index (χ0v) is 12.1. The van der Waals surface area contributed by atoms with Crippen molar-refractivity contribution in [1.29, 1.82) is 0 Å². The van der Waals surface area contributed by atoms with Gasteiger partial charge in [0.05, 0.1) is 36.2 Å². The van der Waals surface area contributed by atoms with Gasteiger partial charge in [0.1, 0.15) is 0 Å². The van der Waals surface area contributed by atoms with Crippen LogP contribution in [0.3, 0.4) is 0 Å². The highest BCUT2D eigenvalue weighted by atomic mass is 35.5. The summed E-state index contributed by atoms with van der Waals surface area (Å²) in [4.78, 5) is 0. The number of methoxy groups -OCH3 is 1. The Hall–Kier alpha value is -0.720. The van der Waals surface area contributed by atoms with Crippen LogP contribution < -0.4 is 0 Å². The van der Waals surface area contributed by atoms with Crippen molar-refractivity contribution in [1.82, 2.24) is 9.78 Å². The molecule has 1 N–H and O–H groups in total. The lowest BCUT2D eigenvalue weighted by Crippen LogP contribution is -2.29. The molecular formula is C13H19ClF2N2O2. The van der Waals surface area contributed by atoms with E-state index in [9.17, 15) is 13.9 Å². The molecule has 20 heavy (non-hydrogen) atoms. The third kappa shape index (κ3) is 3.48. The molecule has 0 aliphatic heterocycles. The Morgan fingerprint density at radius 3 is 2.80 bits per heavy atom. The third-order valence-electron chi connectivity index (χ3n) is 3.83. The van der Waals surface area contributed by atoms with Gasteiger partial charge in [-0.15, -0.1) is 0 Å². The summed E-state index contributed by atoms with van der Waals surface area (Å²) in [6.45, 7) is 0.916. The van der Waals surface area contributed by atoms with Crippen molar-refractivity contribution in [2.24, 2.45) is 5.92 Å². The number of rotatable bonds is 5. The molecule has 1 aliphatic carbocycles. The zero-order valence-electron chi connectivity index (χ0n) is 11.4. The lowest BCUT2D eigenvalue weighted by molar-refractivity contribution is -0.0637. The monoisotopic (exact) mass is 308 g/mol. The van der Waals surface area contributed by atoms with E-state index < -0.39 is 12.0 Å². The molecule has 0 aromatic carbocycles. The van der Waals surface area contributed by atoms with Gasteiger partial charge in [0.25, 0.3) is 0 Å². The van der Waals surface area contributed by atoms with Crippen LogP contribution in [0.4, 0.5) is 8.78 Å². The highest BCUT2D eigenvalue weighted by molar-refractivity contribution is 6.31. The molecule has 1 heterocycles. The van der Waals surface area contributed by atoms with Crippen molar-refractivity contribution in [2.45, 2.75) is 44.3 Å². The molecule has 1 atom stereocenters. The minimum Gasteiger partial charge on any atom is -0.386 e. The predicted molar refractivity (Wildman–Crippen MR) is 71.0 cm³/mol. The molecule has 0 radical (unpaired) electrons. The summed E-state index contributed by atoms with van der Waals surface area (Å²) in [5.74, 6) is -2.80.